The van der Waals surface area contributed by atoms with E-state index in [9.17, 15) is 4.39 Å². The molecule has 0 amide bonds. The molecule has 0 aliphatic heterocycles. The van der Waals surface area contributed by atoms with Crippen LogP contribution in [0.15, 0.2) is 24.3 Å². The summed E-state index contributed by atoms with van der Waals surface area (Å²) in [5.41, 5.74) is 7.34. The molecule has 0 aliphatic carbocycles. The summed E-state index contributed by atoms with van der Waals surface area (Å²) in [6.07, 6.45) is 0. The Morgan fingerprint density at radius 3 is 2.75 bits per heavy atom. The lowest BCUT2D eigenvalue weighted by atomic mass is 10.2. The number of nitrogen functional groups attached to an aromatic ring is 1. The third-order valence-corrected chi connectivity index (χ3v) is 3.92. The zero-order valence-corrected chi connectivity index (χ0v) is 11.9. The fraction of sp³-hybridized carbons (Fsp3) is 0.143. The third kappa shape index (κ3) is 2.30. The second-order valence-corrected chi connectivity index (χ2v) is 5.83. The summed E-state index contributed by atoms with van der Waals surface area (Å²) in [7, 11) is 0. The van der Waals surface area contributed by atoms with Gasteiger partial charge in [-0.1, -0.05) is 0 Å². The number of nitrogens with one attached hydrogen (secondary N) is 1. The van der Waals surface area contributed by atoms with E-state index >= 15 is 0 Å². The van der Waals surface area contributed by atoms with Gasteiger partial charge in [-0.25, -0.2) is 9.37 Å². The zero-order chi connectivity index (χ0) is 14.3. The van der Waals surface area contributed by atoms with Crippen molar-refractivity contribution in [2.45, 2.75) is 13.8 Å². The van der Waals surface area contributed by atoms with Crippen molar-refractivity contribution in [3.63, 3.8) is 0 Å². The van der Waals surface area contributed by atoms with Crippen molar-refractivity contribution in [1.29, 1.82) is 0 Å². The van der Waals surface area contributed by atoms with Crippen molar-refractivity contribution >= 4 is 39.0 Å². The van der Waals surface area contributed by atoms with Crippen molar-refractivity contribution in [2.24, 2.45) is 0 Å². The van der Waals surface area contributed by atoms with Gasteiger partial charge in [0.2, 0.25) is 5.95 Å². The van der Waals surface area contributed by atoms with Crippen molar-refractivity contribution in [3.8, 4) is 0 Å². The Morgan fingerprint density at radius 1 is 1.20 bits per heavy atom. The maximum Gasteiger partial charge on any atom is 0.223 e. The molecule has 1 aromatic carbocycles. The van der Waals surface area contributed by atoms with Crippen LogP contribution in [0.25, 0.3) is 10.2 Å². The Labute approximate surface area is 119 Å². The quantitative estimate of drug-likeness (QED) is 0.753. The van der Waals surface area contributed by atoms with Gasteiger partial charge < -0.3 is 11.1 Å². The average molecular weight is 288 g/mol. The zero-order valence-electron chi connectivity index (χ0n) is 11.1. The minimum absolute atomic E-state index is 0.224. The molecule has 0 atom stereocenters. The van der Waals surface area contributed by atoms with Crippen LogP contribution in [-0.2, 0) is 0 Å². The molecule has 0 saturated carbocycles. The van der Waals surface area contributed by atoms with Gasteiger partial charge in [0.25, 0.3) is 0 Å². The number of nitrogens with zero attached hydrogens (tertiary/aromatic N) is 2. The molecule has 3 N–H and O–H groups in total. The highest BCUT2D eigenvalue weighted by molar-refractivity contribution is 7.18. The molecule has 2 aromatic heterocycles. The summed E-state index contributed by atoms with van der Waals surface area (Å²) in [6, 6.07) is 6.59. The number of anilines is 3. The van der Waals surface area contributed by atoms with Crippen molar-refractivity contribution in [2.75, 3.05) is 11.1 Å². The smallest absolute Gasteiger partial charge is 0.223 e. The largest absolute Gasteiger partial charge is 0.368 e. The molecule has 4 nitrogen and oxygen atoms in total. The lowest BCUT2D eigenvalue weighted by Crippen LogP contribution is -2.01. The summed E-state index contributed by atoms with van der Waals surface area (Å²) in [6.45, 7) is 3.85. The monoisotopic (exact) mass is 288 g/mol. The number of aryl methyl sites for hydroxylation is 2. The second-order valence-electron chi connectivity index (χ2n) is 4.59. The molecular weight excluding hydrogens is 275 g/mol. The minimum Gasteiger partial charge on any atom is -0.368 e. The summed E-state index contributed by atoms with van der Waals surface area (Å²) >= 11 is 1.57. The van der Waals surface area contributed by atoms with Crippen molar-refractivity contribution in [1.82, 2.24) is 9.97 Å². The van der Waals surface area contributed by atoms with Crippen LogP contribution in [0.2, 0.25) is 0 Å². The predicted octanol–water partition coefficient (Wildman–Crippen LogP) is 3.77. The van der Waals surface area contributed by atoms with Crippen LogP contribution >= 0.6 is 11.3 Å². The van der Waals surface area contributed by atoms with E-state index in [1.165, 1.54) is 12.1 Å². The summed E-state index contributed by atoms with van der Waals surface area (Å²) in [5.74, 6) is 0.611. The van der Waals surface area contributed by atoms with Crippen LogP contribution in [-0.4, -0.2) is 9.97 Å². The number of thiophene rings is 1. The minimum atomic E-state index is -0.258. The van der Waals surface area contributed by atoms with Gasteiger partial charge in [0, 0.05) is 10.6 Å². The molecule has 0 unspecified atom stereocenters. The molecule has 0 bridgehead atoms. The fourth-order valence-corrected chi connectivity index (χ4v) is 2.94. The fourth-order valence-electron chi connectivity index (χ4n) is 2.05. The van der Waals surface area contributed by atoms with E-state index in [0.29, 0.717) is 5.82 Å². The van der Waals surface area contributed by atoms with Crippen LogP contribution in [0.1, 0.15) is 10.4 Å². The second kappa shape index (κ2) is 4.72. The summed E-state index contributed by atoms with van der Waals surface area (Å²) in [4.78, 5) is 10.4. The molecule has 6 heteroatoms. The first-order valence-electron chi connectivity index (χ1n) is 6.10. The highest BCUT2D eigenvalue weighted by Crippen LogP contribution is 2.31. The van der Waals surface area contributed by atoms with Crippen molar-refractivity contribution in [3.05, 3.63) is 40.5 Å². The van der Waals surface area contributed by atoms with Gasteiger partial charge in [0.05, 0.1) is 5.39 Å². The first-order valence-corrected chi connectivity index (χ1v) is 6.91. The van der Waals surface area contributed by atoms with Gasteiger partial charge >= 0.3 is 0 Å². The first kappa shape index (κ1) is 12.8. The van der Waals surface area contributed by atoms with Gasteiger partial charge in [0.1, 0.15) is 16.5 Å². The van der Waals surface area contributed by atoms with Crippen LogP contribution in [0, 0.1) is 19.7 Å². The Balaban J connectivity index is 2.10. The first-order chi connectivity index (χ1) is 9.52. The highest BCUT2D eigenvalue weighted by atomic mass is 32.1. The highest BCUT2D eigenvalue weighted by Gasteiger charge is 2.10. The van der Waals surface area contributed by atoms with E-state index in [1.807, 2.05) is 19.9 Å². The number of aromatic nitrogens is 2. The topological polar surface area (TPSA) is 63.8 Å². The average Bonchev–Trinajstić information content (AvgIpc) is 2.73. The molecule has 20 heavy (non-hydrogen) atoms. The molecule has 102 valence electrons. The molecule has 0 radical (unpaired) electrons. The SMILES string of the molecule is Cc1cc2c(Nc3ccc(F)cc3C)nc(N)nc2s1. The van der Waals surface area contributed by atoms with E-state index in [1.54, 1.807) is 17.4 Å². The lowest BCUT2D eigenvalue weighted by Gasteiger charge is -2.10. The molecular formula is C14H13FN4S. The van der Waals surface area contributed by atoms with Crippen LogP contribution in [0.4, 0.5) is 21.8 Å². The maximum absolute atomic E-state index is 13.1. The lowest BCUT2D eigenvalue weighted by molar-refractivity contribution is 0.627. The number of rotatable bonds is 2. The van der Waals surface area contributed by atoms with E-state index in [4.69, 9.17) is 5.73 Å². The Kier molecular flexibility index (Phi) is 3.02. The Bertz CT molecular complexity index is 797. The van der Waals surface area contributed by atoms with Crippen LogP contribution < -0.4 is 11.1 Å². The standard InChI is InChI=1S/C14H13FN4S/c1-7-5-9(15)3-4-11(7)17-12-10-6-8(2)20-13(10)19-14(16)18-12/h3-6H,1-2H3,(H3,16,17,18,19). The van der Waals surface area contributed by atoms with Crippen LogP contribution in [0.5, 0.6) is 0 Å². The number of fused-ring (bicyclic) bond motifs is 1. The van der Waals surface area contributed by atoms with Crippen molar-refractivity contribution < 1.29 is 4.39 Å². The van der Waals surface area contributed by atoms with Gasteiger partial charge in [-0.05, 0) is 43.7 Å². The molecule has 0 fully saturated rings. The molecule has 2 heterocycles. The molecule has 3 rings (SSSR count). The molecule has 0 spiro atoms. The predicted molar refractivity (Wildman–Crippen MR) is 81.0 cm³/mol. The number of hydrogen-bond donors (Lipinski definition) is 2. The normalized spacial score (nSPS) is 10.9. The Hall–Kier alpha value is -2.21. The molecule has 0 saturated heterocycles. The molecule has 3 aromatic rings. The maximum atomic E-state index is 13.1. The van der Waals surface area contributed by atoms with E-state index < -0.39 is 0 Å². The third-order valence-electron chi connectivity index (χ3n) is 2.97. The van der Waals surface area contributed by atoms with Gasteiger partial charge in [-0.2, -0.15) is 4.98 Å². The number of benzene rings is 1. The summed E-state index contributed by atoms with van der Waals surface area (Å²) < 4.78 is 13.1. The number of halogens is 1. The van der Waals surface area contributed by atoms with Gasteiger partial charge in [0.15, 0.2) is 0 Å². The number of hydrogen-bond acceptors (Lipinski definition) is 5. The van der Waals surface area contributed by atoms with Crippen LogP contribution in [0.3, 0.4) is 0 Å². The summed E-state index contributed by atoms with van der Waals surface area (Å²) in [5, 5.41) is 4.13. The van der Waals surface area contributed by atoms with E-state index in [-0.39, 0.29) is 11.8 Å². The van der Waals surface area contributed by atoms with Gasteiger partial charge in [-0.15, -0.1) is 11.3 Å². The number of nitrogens with two attached hydrogens (primary N) is 1. The molecule has 0 aliphatic rings. The van der Waals surface area contributed by atoms with Gasteiger partial charge in [-0.3, -0.25) is 0 Å². The van der Waals surface area contributed by atoms with E-state index in [0.717, 1.165) is 26.3 Å². The Morgan fingerprint density at radius 2 is 2.00 bits per heavy atom. The van der Waals surface area contributed by atoms with E-state index in [2.05, 4.69) is 15.3 Å².